The van der Waals surface area contributed by atoms with Crippen molar-refractivity contribution in [2.75, 3.05) is 11.9 Å². The molecule has 0 atom stereocenters. The van der Waals surface area contributed by atoms with Crippen LogP contribution in [0.3, 0.4) is 0 Å². The lowest BCUT2D eigenvalue weighted by Crippen LogP contribution is -2.46. The van der Waals surface area contributed by atoms with Crippen molar-refractivity contribution in [3.63, 3.8) is 0 Å². The molecule has 1 N–H and O–H groups in total. The second-order valence-corrected chi connectivity index (χ2v) is 9.96. The highest BCUT2D eigenvalue weighted by molar-refractivity contribution is 7.93. The lowest BCUT2D eigenvalue weighted by molar-refractivity contribution is -0.149. The number of hydrogen-bond acceptors (Lipinski definition) is 5. The third-order valence-corrected chi connectivity index (χ3v) is 8.10. The second kappa shape index (κ2) is 8.74. The van der Waals surface area contributed by atoms with Gasteiger partial charge >= 0.3 is 5.97 Å². The van der Waals surface area contributed by atoms with Crippen LogP contribution in [0, 0.1) is 25.5 Å². The Balaban J connectivity index is 1.76. The predicted octanol–water partition coefficient (Wildman–Crippen LogP) is 3.85. The average molecular weight is 451 g/mol. The van der Waals surface area contributed by atoms with E-state index in [1.165, 1.54) is 12.1 Å². The first-order valence-corrected chi connectivity index (χ1v) is 11.3. The third-order valence-electron chi connectivity index (χ3n) is 5.62. The number of nitrogens with one attached hydrogen (secondary N) is 1. The Hall–Kier alpha value is -2.81. The zero-order valence-electron chi connectivity index (χ0n) is 17.2. The predicted molar refractivity (Wildman–Crippen MR) is 110 cm³/mol. The summed E-state index contributed by atoms with van der Waals surface area (Å²) in [7, 11) is -4.05. The highest BCUT2D eigenvalue weighted by Crippen LogP contribution is 2.41. The molecule has 0 heterocycles. The van der Waals surface area contributed by atoms with Crippen LogP contribution in [0.25, 0.3) is 0 Å². The van der Waals surface area contributed by atoms with E-state index >= 15 is 0 Å². The molecule has 1 aliphatic rings. The molecule has 0 spiro atoms. The lowest BCUT2D eigenvalue weighted by Gasteiger charge is -2.26. The van der Waals surface area contributed by atoms with Crippen LogP contribution in [-0.2, 0) is 24.2 Å². The molecule has 31 heavy (non-hydrogen) atoms. The van der Waals surface area contributed by atoms with Gasteiger partial charge in [0.15, 0.2) is 32.8 Å². The van der Waals surface area contributed by atoms with Crippen molar-refractivity contribution in [1.82, 2.24) is 0 Å². The van der Waals surface area contributed by atoms with Gasteiger partial charge in [0, 0.05) is 11.8 Å². The number of hydrogen-bond donors (Lipinski definition) is 1. The number of carbonyl (C=O) groups excluding carboxylic acids is 2. The summed E-state index contributed by atoms with van der Waals surface area (Å²) in [6.45, 7) is 2.90. The first-order chi connectivity index (χ1) is 14.6. The molecule has 1 amide bonds. The maximum Gasteiger partial charge on any atom is 0.328 e. The minimum absolute atomic E-state index is 0.0155. The Bertz CT molecular complexity index is 1120. The van der Waals surface area contributed by atoms with Crippen molar-refractivity contribution in [1.29, 1.82) is 0 Å². The molecule has 3 rings (SSSR count). The molecule has 0 aromatic heterocycles. The molecule has 6 nitrogen and oxygen atoms in total. The number of anilines is 1. The number of rotatable bonds is 6. The topological polar surface area (TPSA) is 89.5 Å². The molecule has 0 radical (unpaired) electrons. The Morgan fingerprint density at radius 1 is 1.00 bits per heavy atom. The minimum atomic E-state index is -4.05. The van der Waals surface area contributed by atoms with E-state index in [4.69, 9.17) is 4.74 Å². The zero-order valence-corrected chi connectivity index (χ0v) is 18.0. The number of carbonyl (C=O) groups is 2. The molecule has 1 aliphatic carbocycles. The number of sulfone groups is 1. The van der Waals surface area contributed by atoms with Crippen LogP contribution in [0.15, 0.2) is 41.3 Å². The fourth-order valence-corrected chi connectivity index (χ4v) is 5.80. The fraction of sp³-hybridized carbons (Fsp3) is 0.364. The summed E-state index contributed by atoms with van der Waals surface area (Å²) in [5.41, 5.74) is 1.70. The van der Waals surface area contributed by atoms with Crippen LogP contribution in [-0.4, -0.2) is 31.6 Å². The number of ether oxygens (including phenoxy) is 1. The van der Waals surface area contributed by atoms with E-state index in [0.29, 0.717) is 12.8 Å². The summed E-state index contributed by atoms with van der Waals surface area (Å²) < 4.78 is 56.4. The molecule has 0 saturated heterocycles. The molecule has 0 unspecified atom stereocenters. The molecule has 166 valence electrons. The monoisotopic (exact) mass is 451 g/mol. The maximum absolute atomic E-state index is 13.4. The normalized spacial score (nSPS) is 15.5. The summed E-state index contributed by atoms with van der Waals surface area (Å²) in [5, 5.41) is 2.28. The maximum atomic E-state index is 13.4. The van der Waals surface area contributed by atoms with E-state index in [-0.39, 0.29) is 23.4 Å². The molecule has 9 heteroatoms. The molecular weight excluding hydrogens is 428 g/mol. The largest absolute Gasteiger partial charge is 0.454 e. The van der Waals surface area contributed by atoms with Gasteiger partial charge in [-0.05, 0) is 62.1 Å². The standard InChI is InChI=1S/C22H23F2NO5S/c1-14-5-7-17(11-15(14)2)31(28,29)22(9-3-4-10-22)21(27)30-13-20(26)25-16-6-8-18(23)19(24)12-16/h5-8,11-12H,3-4,9-10,13H2,1-2H3,(H,25,26). The van der Waals surface area contributed by atoms with Crippen LogP contribution >= 0.6 is 0 Å². The van der Waals surface area contributed by atoms with E-state index in [1.54, 1.807) is 13.0 Å². The van der Waals surface area contributed by atoms with Gasteiger partial charge in [-0.25, -0.2) is 17.2 Å². The fourth-order valence-electron chi connectivity index (χ4n) is 3.67. The van der Waals surface area contributed by atoms with Gasteiger partial charge < -0.3 is 10.1 Å². The van der Waals surface area contributed by atoms with Gasteiger partial charge in [0.05, 0.1) is 4.90 Å². The van der Waals surface area contributed by atoms with E-state index in [0.717, 1.165) is 29.3 Å². The molecular formula is C22H23F2NO5S. The third kappa shape index (κ3) is 4.46. The van der Waals surface area contributed by atoms with Crippen molar-refractivity contribution in [3.8, 4) is 0 Å². The molecule has 1 fully saturated rings. The summed E-state index contributed by atoms with van der Waals surface area (Å²) >= 11 is 0. The van der Waals surface area contributed by atoms with Crippen molar-refractivity contribution >= 4 is 27.4 Å². The highest BCUT2D eigenvalue weighted by Gasteiger charge is 2.54. The first-order valence-electron chi connectivity index (χ1n) is 9.81. The van der Waals surface area contributed by atoms with Gasteiger partial charge in [-0.3, -0.25) is 9.59 Å². The van der Waals surface area contributed by atoms with Crippen molar-refractivity contribution in [2.24, 2.45) is 0 Å². The van der Waals surface area contributed by atoms with Crippen LogP contribution in [0.4, 0.5) is 14.5 Å². The van der Waals surface area contributed by atoms with Gasteiger partial charge in [0.25, 0.3) is 5.91 Å². The quantitative estimate of drug-likeness (QED) is 0.674. The van der Waals surface area contributed by atoms with Crippen LogP contribution in [0.2, 0.25) is 0 Å². The highest BCUT2D eigenvalue weighted by atomic mass is 32.2. The van der Waals surface area contributed by atoms with E-state index in [2.05, 4.69) is 5.32 Å². The summed E-state index contributed by atoms with van der Waals surface area (Å²) in [6, 6.07) is 7.49. The minimum Gasteiger partial charge on any atom is -0.454 e. The van der Waals surface area contributed by atoms with Crippen LogP contribution < -0.4 is 5.32 Å². The second-order valence-electron chi connectivity index (χ2n) is 7.70. The van der Waals surface area contributed by atoms with E-state index in [1.807, 2.05) is 6.92 Å². The molecule has 1 saturated carbocycles. The molecule has 0 aliphatic heterocycles. The number of amides is 1. The zero-order chi connectivity index (χ0) is 22.8. The Morgan fingerprint density at radius 2 is 1.68 bits per heavy atom. The summed E-state index contributed by atoms with van der Waals surface area (Å²) in [4.78, 5) is 25.0. The smallest absolute Gasteiger partial charge is 0.328 e. The van der Waals surface area contributed by atoms with Crippen molar-refractivity contribution in [3.05, 3.63) is 59.2 Å². The number of aryl methyl sites for hydroxylation is 2. The van der Waals surface area contributed by atoms with E-state index < -0.39 is 44.7 Å². The van der Waals surface area contributed by atoms with Gasteiger partial charge in [-0.2, -0.15) is 0 Å². The SMILES string of the molecule is Cc1ccc(S(=O)(=O)C2(C(=O)OCC(=O)Nc3ccc(F)c(F)c3)CCCC2)cc1C. The molecule has 0 bridgehead atoms. The average Bonchev–Trinajstić information content (AvgIpc) is 3.23. The Morgan fingerprint density at radius 3 is 2.29 bits per heavy atom. The van der Waals surface area contributed by atoms with Gasteiger partial charge in [0.1, 0.15) is 0 Å². The van der Waals surface area contributed by atoms with Gasteiger partial charge in [0.2, 0.25) is 0 Å². The lowest BCUT2D eigenvalue weighted by atomic mass is 10.1. The van der Waals surface area contributed by atoms with Crippen LogP contribution in [0.5, 0.6) is 0 Å². The van der Waals surface area contributed by atoms with Crippen LogP contribution in [0.1, 0.15) is 36.8 Å². The first kappa shape index (κ1) is 22.9. The molecule has 2 aromatic carbocycles. The van der Waals surface area contributed by atoms with Gasteiger partial charge in [-0.1, -0.05) is 18.9 Å². The summed E-state index contributed by atoms with van der Waals surface area (Å²) in [6.07, 6.45) is 1.29. The van der Waals surface area contributed by atoms with Crippen molar-refractivity contribution in [2.45, 2.75) is 49.2 Å². The van der Waals surface area contributed by atoms with Gasteiger partial charge in [-0.15, -0.1) is 0 Å². The van der Waals surface area contributed by atoms with E-state index in [9.17, 15) is 26.8 Å². The number of halogens is 2. The van der Waals surface area contributed by atoms with Crippen molar-refractivity contribution < 1.29 is 31.5 Å². The number of benzene rings is 2. The number of esters is 1. The Labute approximate surface area is 179 Å². The Kier molecular flexibility index (Phi) is 6.45. The molecule has 2 aromatic rings. The summed E-state index contributed by atoms with van der Waals surface area (Å²) in [5.74, 6) is -3.98.